The van der Waals surface area contributed by atoms with Crippen LogP contribution in [0.25, 0.3) is 0 Å². The van der Waals surface area contributed by atoms with Gasteiger partial charge in [-0.25, -0.2) is 0 Å². The van der Waals surface area contributed by atoms with Gasteiger partial charge < -0.3 is 14.8 Å². The lowest BCUT2D eigenvalue weighted by atomic mass is 10.1. The van der Waals surface area contributed by atoms with Crippen molar-refractivity contribution in [3.8, 4) is 0 Å². The molecule has 3 rings (SSSR count). The molecular formula is C22H28N2O3. The fourth-order valence-electron chi connectivity index (χ4n) is 3.08. The smallest absolute Gasteiger partial charge is 0.249 e. The van der Waals surface area contributed by atoms with Gasteiger partial charge in [-0.05, 0) is 23.6 Å². The molecule has 2 aromatic rings. The third kappa shape index (κ3) is 6.17. The first-order chi connectivity index (χ1) is 13.2. The van der Waals surface area contributed by atoms with Gasteiger partial charge in [0, 0.05) is 26.2 Å². The molecule has 1 N–H and O–H groups in total. The Balaban J connectivity index is 1.49. The number of rotatable bonds is 8. The van der Waals surface area contributed by atoms with Gasteiger partial charge in [0.05, 0.1) is 19.8 Å². The molecule has 1 saturated heterocycles. The van der Waals surface area contributed by atoms with E-state index in [1.165, 1.54) is 5.56 Å². The molecule has 1 atom stereocenters. The number of carbonyl (C=O) groups excluding carboxylic acids is 1. The minimum Gasteiger partial charge on any atom is -0.379 e. The summed E-state index contributed by atoms with van der Waals surface area (Å²) in [5.74, 6) is -0.0906. The van der Waals surface area contributed by atoms with Gasteiger partial charge in [0.1, 0.15) is 6.10 Å². The van der Waals surface area contributed by atoms with E-state index in [2.05, 4.69) is 22.3 Å². The lowest BCUT2D eigenvalue weighted by Crippen LogP contribution is -2.36. The predicted octanol–water partition coefficient (Wildman–Crippen LogP) is 2.74. The summed E-state index contributed by atoms with van der Waals surface area (Å²) in [6.07, 6.45) is -0.489. The molecule has 0 aromatic heterocycles. The number of hydrogen-bond donors (Lipinski definition) is 1. The highest BCUT2D eigenvalue weighted by Crippen LogP contribution is 2.13. The Kier molecular flexibility index (Phi) is 7.39. The standard InChI is InChI=1S/C22H28N2O3/c1-18(27-17-19-7-3-2-4-8-19)22(25)23-15-20-9-5-6-10-21(20)16-24-11-13-26-14-12-24/h2-10,18H,11-17H2,1H3,(H,23,25). The second-order valence-corrected chi connectivity index (χ2v) is 6.81. The van der Waals surface area contributed by atoms with E-state index in [1.54, 1.807) is 6.92 Å². The number of ether oxygens (including phenoxy) is 2. The second kappa shape index (κ2) is 10.2. The van der Waals surface area contributed by atoms with Crippen molar-refractivity contribution in [2.75, 3.05) is 26.3 Å². The number of carbonyl (C=O) groups is 1. The van der Waals surface area contributed by atoms with Crippen LogP contribution in [-0.4, -0.2) is 43.2 Å². The molecule has 0 spiro atoms. The van der Waals surface area contributed by atoms with E-state index in [4.69, 9.17) is 9.47 Å². The fourth-order valence-corrected chi connectivity index (χ4v) is 3.08. The van der Waals surface area contributed by atoms with Crippen molar-refractivity contribution >= 4 is 5.91 Å². The summed E-state index contributed by atoms with van der Waals surface area (Å²) in [5.41, 5.74) is 3.46. The van der Waals surface area contributed by atoms with Crippen LogP contribution in [0.3, 0.4) is 0 Å². The number of morpholine rings is 1. The Bertz CT molecular complexity index is 715. The van der Waals surface area contributed by atoms with Crippen LogP contribution in [0.2, 0.25) is 0 Å². The summed E-state index contributed by atoms with van der Waals surface area (Å²) in [6.45, 7) is 7.09. The van der Waals surface area contributed by atoms with Crippen LogP contribution in [0.5, 0.6) is 0 Å². The Morgan fingerprint density at radius 2 is 1.74 bits per heavy atom. The predicted molar refractivity (Wildman–Crippen MR) is 105 cm³/mol. The highest BCUT2D eigenvalue weighted by atomic mass is 16.5. The number of nitrogens with one attached hydrogen (secondary N) is 1. The normalized spacial score (nSPS) is 16.0. The third-order valence-corrected chi connectivity index (χ3v) is 4.78. The Morgan fingerprint density at radius 3 is 2.48 bits per heavy atom. The molecular weight excluding hydrogens is 340 g/mol. The summed E-state index contributed by atoms with van der Waals surface area (Å²) >= 11 is 0. The van der Waals surface area contributed by atoms with Crippen LogP contribution >= 0.6 is 0 Å². The molecule has 0 radical (unpaired) electrons. The van der Waals surface area contributed by atoms with Crippen LogP contribution in [0.1, 0.15) is 23.6 Å². The van der Waals surface area contributed by atoms with Crippen molar-refractivity contribution in [1.82, 2.24) is 10.2 Å². The van der Waals surface area contributed by atoms with Crippen molar-refractivity contribution in [3.05, 3.63) is 71.3 Å². The van der Waals surface area contributed by atoms with E-state index in [1.807, 2.05) is 42.5 Å². The number of amides is 1. The molecule has 1 aliphatic rings. The molecule has 27 heavy (non-hydrogen) atoms. The molecule has 5 heteroatoms. The highest BCUT2D eigenvalue weighted by Gasteiger charge is 2.15. The molecule has 0 aliphatic carbocycles. The van der Waals surface area contributed by atoms with Gasteiger partial charge in [-0.2, -0.15) is 0 Å². The molecule has 1 unspecified atom stereocenters. The van der Waals surface area contributed by atoms with E-state index in [-0.39, 0.29) is 5.91 Å². The molecule has 1 amide bonds. The largest absolute Gasteiger partial charge is 0.379 e. The van der Waals surface area contributed by atoms with Crippen LogP contribution in [0.4, 0.5) is 0 Å². The van der Waals surface area contributed by atoms with Crippen LogP contribution in [0.15, 0.2) is 54.6 Å². The van der Waals surface area contributed by atoms with E-state index in [0.29, 0.717) is 13.2 Å². The summed E-state index contributed by atoms with van der Waals surface area (Å²) in [5, 5.41) is 3.01. The molecule has 144 valence electrons. The average molecular weight is 368 g/mol. The van der Waals surface area contributed by atoms with Gasteiger partial charge in [-0.15, -0.1) is 0 Å². The molecule has 1 aliphatic heterocycles. The zero-order valence-electron chi connectivity index (χ0n) is 15.9. The SMILES string of the molecule is CC(OCc1ccccc1)C(=O)NCc1ccccc1CN1CCOCC1. The van der Waals surface area contributed by atoms with Crippen LogP contribution in [0, 0.1) is 0 Å². The Labute approximate surface area is 161 Å². The van der Waals surface area contributed by atoms with Gasteiger partial charge in [-0.1, -0.05) is 54.6 Å². The summed E-state index contributed by atoms with van der Waals surface area (Å²) in [4.78, 5) is 14.8. The van der Waals surface area contributed by atoms with Crippen molar-refractivity contribution in [1.29, 1.82) is 0 Å². The van der Waals surface area contributed by atoms with Gasteiger partial charge >= 0.3 is 0 Å². The Hall–Kier alpha value is -2.21. The van der Waals surface area contributed by atoms with Crippen molar-refractivity contribution in [3.63, 3.8) is 0 Å². The number of benzene rings is 2. The van der Waals surface area contributed by atoms with E-state index in [0.717, 1.165) is 44.0 Å². The zero-order chi connectivity index (χ0) is 18.9. The van der Waals surface area contributed by atoms with Gasteiger partial charge in [0.2, 0.25) is 5.91 Å². The zero-order valence-corrected chi connectivity index (χ0v) is 15.9. The molecule has 2 aromatic carbocycles. The first kappa shape index (κ1) is 19.5. The minimum atomic E-state index is -0.489. The third-order valence-electron chi connectivity index (χ3n) is 4.78. The van der Waals surface area contributed by atoms with E-state index in [9.17, 15) is 4.79 Å². The Morgan fingerprint density at radius 1 is 1.07 bits per heavy atom. The monoisotopic (exact) mass is 368 g/mol. The second-order valence-electron chi connectivity index (χ2n) is 6.81. The number of hydrogen-bond acceptors (Lipinski definition) is 4. The summed E-state index contributed by atoms with van der Waals surface area (Å²) in [7, 11) is 0. The van der Waals surface area contributed by atoms with Crippen molar-refractivity contribution < 1.29 is 14.3 Å². The maximum atomic E-state index is 12.4. The summed E-state index contributed by atoms with van der Waals surface area (Å²) in [6, 6.07) is 18.2. The molecule has 0 saturated carbocycles. The van der Waals surface area contributed by atoms with Gasteiger partial charge in [0.15, 0.2) is 0 Å². The molecule has 5 nitrogen and oxygen atoms in total. The fraction of sp³-hybridized carbons (Fsp3) is 0.409. The van der Waals surface area contributed by atoms with E-state index >= 15 is 0 Å². The lowest BCUT2D eigenvalue weighted by Gasteiger charge is -2.27. The minimum absolute atomic E-state index is 0.0906. The van der Waals surface area contributed by atoms with Gasteiger partial charge in [-0.3, -0.25) is 9.69 Å². The first-order valence-electron chi connectivity index (χ1n) is 9.52. The van der Waals surface area contributed by atoms with Crippen LogP contribution in [-0.2, 0) is 34.0 Å². The van der Waals surface area contributed by atoms with E-state index < -0.39 is 6.10 Å². The maximum Gasteiger partial charge on any atom is 0.249 e. The first-order valence-corrected chi connectivity index (χ1v) is 9.52. The average Bonchev–Trinajstić information content (AvgIpc) is 2.72. The summed E-state index contributed by atoms with van der Waals surface area (Å²) < 4.78 is 11.1. The highest BCUT2D eigenvalue weighted by molar-refractivity contribution is 5.80. The maximum absolute atomic E-state index is 12.4. The molecule has 0 bridgehead atoms. The van der Waals surface area contributed by atoms with Crippen molar-refractivity contribution in [2.24, 2.45) is 0 Å². The lowest BCUT2D eigenvalue weighted by molar-refractivity contribution is -0.132. The van der Waals surface area contributed by atoms with Crippen molar-refractivity contribution in [2.45, 2.75) is 32.7 Å². The number of nitrogens with zero attached hydrogens (tertiary/aromatic N) is 1. The van der Waals surface area contributed by atoms with Crippen LogP contribution < -0.4 is 5.32 Å². The topological polar surface area (TPSA) is 50.8 Å². The molecule has 1 fully saturated rings. The quantitative estimate of drug-likeness (QED) is 0.778. The molecule has 1 heterocycles. The van der Waals surface area contributed by atoms with Gasteiger partial charge in [0.25, 0.3) is 0 Å².